The minimum Gasteiger partial charge on any atom is -0.394 e. The molecular formula is C34H30F2N8O6S. The lowest BCUT2D eigenvalue weighted by atomic mass is 10.0. The Balaban J connectivity index is 1.14. The summed E-state index contributed by atoms with van der Waals surface area (Å²) in [7, 11) is -2.83. The lowest BCUT2D eigenvalue weighted by molar-refractivity contribution is 0.0912. The highest BCUT2D eigenvalue weighted by Gasteiger charge is 2.23. The number of aliphatic hydroxyl groups excluding tert-OH is 1. The van der Waals surface area contributed by atoms with Gasteiger partial charge in [-0.05, 0) is 66.9 Å². The smallest absolute Gasteiger partial charge is 0.335 e. The van der Waals surface area contributed by atoms with Crippen LogP contribution in [0.15, 0.2) is 99.8 Å². The van der Waals surface area contributed by atoms with Crippen molar-refractivity contribution in [3.05, 3.63) is 135 Å². The van der Waals surface area contributed by atoms with Crippen molar-refractivity contribution in [1.82, 2.24) is 34.4 Å². The number of pyridine rings is 1. The van der Waals surface area contributed by atoms with E-state index in [1.54, 1.807) is 18.3 Å². The highest BCUT2D eigenvalue weighted by Crippen LogP contribution is 2.24. The Hall–Kier alpha value is -6.07. The topological polar surface area (TPSA) is 183 Å². The molecule has 6 rings (SSSR count). The second-order valence-electron chi connectivity index (χ2n) is 11.5. The fraction of sp³-hybridized carbons (Fsp3) is 0.176. The van der Waals surface area contributed by atoms with Gasteiger partial charge in [-0.2, -0.15) is 0 Å². The summed E-state index contributed by atoms with van der Waals surface area (Å²) in [6.07, 6.45) is 5.29. The van der Waals surface area contributed by atoms with Gasteiger partial charge in [-0.25, -0.2) is 31.2 Å². The van der Waals surface area contributed by atoms with Crippen molar-refractivity contribution >= 4 is 32.5 Å². The van der Waals surface area contributed by atoms with Gasteiger partial charge in [0.15, 0.2) is 0 Å². The fourth-order valence-electron chi connectivity index (χ4n) is 5.38. The molecule has 3 aromatic carbocycles. The molecule has 0 aliphatic heterocycles. The van der Waals surface area contributed by atoms with Gasteiger partial charge in [-0.15, -0.1) is 5.10 Å². The van der Waals surface area contributed by atoms with Gasteiger partial charge in [0.1, 0.15) is 11.6 Å². The van der Waals surface area contributed by atoms with Gasteiger partial charge in [-0.3, -0.25) is 23.9 Å². The minimum absolute atomic E-state index is 0.0519. The van der Waals surface area contributed by atoms with Crippen LogP contribution in [-0.4, -0.2) is 61.2 Å². The Kier molecular flexibility index (Phi) is 9.58. The van der Waals surface area contributed by atoms with Crippen molar-refractivity contribution in [3.8, 4) is 11.4 Å². The molecule has 14 nitrogen and oxygen atoms in total. The predicted molar refractivity (Wildman–Crippen MR) is 183 cm³/mol. The average Bonchev–Trinajstić information content (AvgIpc) is 3.62. The van der Waals surface area contributed by atoms with Crippen LogP contribution in [0.5, 0.6) is 0 Å². The zero-order valence-electron chi connectivity index (χ0n) is 27.1. The number of halogens is 2. The zero-order valence-corrected chi connectivity index (χ0v) is 27.9. The molecule has 0 aliphatic rings. The third-order valence-corrected chi connectivity index (χ3v) is 9.55. The summed E-state index contributed by atoms with van der Waals surface area (Å²) in [5.41, 5.74) is -0.000329. The lowest BCUT2D eigenvalue weighted by Gasteiger charge is -2.18. The first-order chi connectivity index (χ1) is 24.4. The molecule has 3 aromatic heterocycles. The number of fused-ring (bicyclic) bond motifs is 1. The first kappa shape index (κ1) is 34.8. The normalized spacial score (nSPS) is 12.2. The summed E-state index contributed by atoms with van der Waals surface area (Å²) < 4.78 is 61.9. The molecule has 51 heavy (non-hydrogen) atoms. The number of hydrogen-bond donors (Lipinski definition) is 3. The maximum atomic E-state index is 15.1. The van der Waals surface area contributed by atoms with Crippen LogP contribution in [0.2, 0.25) is 0 Å². The van der Waals surface area contributed by atoms with Crippen molar-refractivity contribution in [3.63, 3.8) is 0 Å². The number of benzene rings is 3. The minimum atomic E-state index is -4.35. The average molecular weight is 717 g/mol. The highest BCUT2D eigenvalue weighted by atomic mass is 32.2. The van der Waals surface area contributed by atoms with E-state index in [-0.39, 0.29) is 17.0 Å². The summed E-state index contributed by atoms with van der Waals surface area (Å²) in [5, 5.41) is 20.7. The molecule has 0 saturated heterocycles. The molecule has 1 amide bonds. The fourth-order valence-corrected chi connectivity index (χ4v) is 6.44. The maximum Gasteiger partial charge on any atom is 0.335 e. The van der Waals surface area contributed by atoms with E-state index >= 15 is 8.78 Å². The Labute approximate surface area is 288 Å². The number of nitrogens with one attached hydrogen (secondary N) is 2. The molecule has 0 saturated carbocycles. The summed E-state index contributed by atoms with van der Waals surface area (Å²) in [6, 6.07) is 13.4. The highest BCUT2D eigenvalue weighted by molar-refractivity contribution is 7.92. The first-order valence-corrected chi connectivity index (χ1v) is 17.0. The lowest BCUT2D eigenvalue weighted by Crippen LogP contribution is -2.39. The molecular weight excluding hydrogens is 686 g/mol. The van der Waals surface area contributed by atoms with Gasteiger partial charge in [0.25, 0.3) is 21.5 Å². The summed E-state index contributed by atoms with van der Waals surface area (Å²) in [6.45, 7) is 1.35. The van der Waals surface area contributed by atoms with Crippen LogP contribution in [0.25, 0.3) is 22.3 Å². The van der Waals surface area contributed by atoms with Crippen LogP contribution in [0, 0.1) is 11.6 Å². The molecule has 0 aliphatic carbocycles. The van der Waals surface area contributed by atoms with Crippen molar-refractivity contribution < 1.29 is 27.1 Å². The van der Waals surface area contributed by atoms with Crippen molar-refractivity contribution in [2.24, 2.45) is 7.05 Å². The molecule has 0 fully saturated rings. The van der Waals surface area contributed by atoms with Gasteiger partial charge < -0.3 is 10.4 Å². The summed E-state index contributed by atoms with van der Waals surface area (Å²) in [4.78, 5) is 42.7. The van der Waals surface area contributed by atoms with Crippen LogP contribution in [0.1, 0.15) is 28.5 Å². The zero-order chi connectivity index (χ0) is 36.4. The van der Waals surface area contributed by atoms with Crippen LogP contribution in [0.4, 0.5) is 14.5 Å². The Morgan fingerprint density at radius 1 is 0.980 bits per heavy atom. The molecule has 0 radical (unpaired) electrons. The second kappa shape index (κ2) is 14.0. The quantitative estimate of drug-likeness (QED) is 0.182. The molecule has 262 valence electrons. The van der Waals surface area contributed by atoms with Crippen molar-refractivity contribution in [2.75, 3.05) is 11.3 Å². The van der Waals surface area contributed by atoms with Crippen LogP contribution < -0.4 is 21.3 Å². The van der Waals surface area contributed by atoms with E-state index < -0.39 is 62.7 Å². The van der Waals surface area contributed by atoms with Gasteiger partial charge in [0.2, 0.25) is 0 Å². The first-order valence-electron chi connectivity index (χ1n) is 15.5. The maximum absolute atomic E-state index is 15.1. The molecule has 6 aromatic rings. The molecule has 3 N–H and O–H groups in total. The van der Waals surface area contributed by atoms with Crippen LogP contribution >= 0.6 is 0 Å². The van der Waals surface area contributed by atoms with Gasteiger partial charge >= 0.3 is 5.69 Å². The number of aryl methyl sites for hydroxylation is 2. The number of carbonyl (C=O) groups excluding carboxylic acids is 1. The Bertz CT molecular complexity index is 2500. The molecule has 0 unspecified atom stereocenters. The van der Waals surface area contributed by atoms with Crippen molar-refractivity contribution in [1.29, 1.82) is 0 Å². The number of nitrogens with zero attached hydrogens (tertiary/aromatic N) is 6. The van der Waals surface area contributed by atoms with E-state index in [0.717, 1.165) is 10.3 Å². The number of rotatable bonds is 11. The SMILES string of the molecule is CCc1cn(-c2ccc(S(=O)(=O)Nc3cc(F)c(C(=O)N[C@H](CO)Cc4ccc(-n5c(=O)c6ccncc6n(C)c5=O)cc4)cc3F)cc2)nn1. The van der Waals surface area contributed by atoms with E-state index in [0.29, 0.717) is 40.7 Å². The van der Waals surface area contributed by atoms with Gasteiger partial charge in [0, 0.05) is 19.3 Å². The Morgan fingerprint density at radius 3 is 2.35 bits per heavy atom. The predicted octanol–water partition coefficient (Wildman–Crippen LogP) is 2.64. The molecule has 1 atom stereocenters. The summed E-state index contributed by atoms with van der Waals surface area (Å²) >= 11 is 0. The van der Waals surface area contributed by atoms with E-state index in [9.17, 15) is 27.9 Å². The van der Waals surface area contributed by atoms with E-state index in [4.69, 9.17) is 0 Å². The van der Waals surface area contributed by atoms with Crippen molar-refractivity contribution in [2.45, 2.75) is 30.7 Å². The van der Waals surface area contributed by atoms with E-state index in [1.807, 2.05) is 11.6 Å². The molecule has 0 bridgehead atoms. The van der Waals surface area contributed by atoms with Gasteiger partial charge in [0.05, 0.1) is 69.2 Å². The Morgan fingerprint density at radius 2 is 1.69 bits per heavy atom. The molecule has 0 spiro atoms. The third kappa shape index (κ3) is 7.01. The number of carbonyl (C=O) groups is 1. The number of sulfonamides is 1. The van der Waals surface area contributed by atoms with E-state index in [1.165, 1.54) is 71.2 Å². The molecule has 17 heteroatoms. The number of aliphatic hydroxyl groups is 1. The number of hydrogen-bond acceptors (Lipinski definition) is 9. The second-order valence-corrected chi connectivity index (χ2v) is 13.2. The number of amides is 1. The largest absolute Gasteiger partial charge is 0.394 e. The standard InChI is InChI=1S/C34H30F2N8O6S/c1-3-21-18-43(41-39-21)23-8-10-25(11-9-23)51(49,50)40-30-16-28(35)27(15-29(30)36)32(46)38-22(19-45)14-20-4-6-24(7-5-20)44-33(47)26-12-13-37-17-31(26)42(2)34(44)48/h4-13,15-18,22,40,45H,3,14,19H2,1-2H3,(H,38,46)/t22-/m0/s1. The third-order valence-electron chi connectivity index (χ3n) is 8.17. The molecule has 3 heterocycles. The monoisotopic (exact) mass is 716 g/mol. The van der Waals surface area contributed by atoms with Gasteiger partial charge in [-0.1, -0.05) is 24.3 Å². The van der Waals surface area contributed by atoms with Crippen LogP contribution in [-0.2, 0) is 29.9 Å². The van der Waals surface area contributed by atoms with Crippen LogP contribution in [0.3, 0.4) is 0 Å². The number of aromatic nitrogens is 6. The van der Waals surface area contributed by atoms with E-state index in [2.05, 4.69) is 20.6 Å². The number of anilines is 1. The summed E-state index contributed by atoms with van der Waals surface area (Å²) in [5.74, 6) is -3.47.